The van der Waals surface area contributed by atoms with Crippen molar-refractivity contribution in [2.75, 3.05) is 7.11 Å². The Bertz CT molecular complexity index is 566. The van der Waals surface area contributed by atoms with Crippen LogP contribution in [0.25, 0.3) is 0 Å². The molecular weight excluding hydrogens is 262 g/mol. The molecule has 19 heavy (non-hydrogen) atoms. The van der Waals surface area contributed by atoms with Crippen LogP contribution in [0.2, 0.25) is 0 Å². The standard InChI is InChI=1S/C14H15NO3S/c1-3-13-15-11(9-19-13)8-18-14-10(7-16)5-4-6-12(14)17-2/h4-7,9H,3,8H2,1-2H3. The lowest BCUT2D eigenvalue weighted by Gasteiger charge is -2.11. The van der Waals surface area contributed by atoms with E-state index >= 15 is 0 Å². The number of methoxy groups -OCH3 is 1. The number of hydrogen-bond acceptors (Lipinski definition) is 5. The first kappa shape index (κ1) is 13.5. The molecule has 5 heteroatoms. The minimum atomic E-state index is 0.331. The molecule has 0 spiro atoms. The maximum Gasteiger partial charge on any atom is 0.172 e. The van der Waals surface area contributed by atoms with E-state index in [1.807, 2.05) is 5.38 Å². The lowest BCUT2D eigenvalue weighted by atomic mass is 10.2. The van der Waals surface area contributed by atoms with Crippen molar-refractivity contribution >= 4 is 17.6 Å². The third-order valence-corrected chi connectivity index (χ3v) is 3.66. The smallest absolute Gasteiger partial charge is 0.172 e. The van der Waals surface area contributed by atoms with E-state index in [-0.39, 0.29) is 0 Å². The molecule has 0 fully saturated rings. The zero-order valence-electron chi connectivity index (χ0n) is 10.9. The Morgan fingerprint density at radius 1 is 1.42 bits per heavy atom. The molecule has 0 bridgehead atoms. The van der Waals surface area contributed by atoms with Crippen molar-refractivity contribution < 1.29 is 14.3 Å². The Morgan fingerprint density at radius 2 is 2.26 bits per heavy atom. The average Bonchev–Trinajstić information content (AvgIpc) is 2.92. The van der Waals surface area contributed by atoms with Crippen LogP contribution in [0.4, 0.5) is 0 Å². The molecule has 0 saturated carbocycles. The van der Waals surface area contributed by atoms with Crippen molar-refractivity contribution in [1.82, 2.24) is 4.98 Å². The molecule has 0 saturated heterocycles. The van der Waals surface area contributed by atoms with Crippen LogP contribution in [-0.2, 0) is 13.0 Å². The molecule has 1 heterocycles. The Hall–Kier alpha value is -1.88. The number of thiazole rings is 1. The number of ether oxygens (including phenoxy) is 2. The summed E-state index contributed by atoms with van der Waals surface area (Å²) in [5.41, 5.74) is 1.34. The maximum atomic E-state index is 11.0. The van der Waals surface area contributed by atoms with Crippen molar-refractivity contribution in [3.05, 3.63) is 39.8 Å². The maximum absolute atomic E-state index is 11.0. The number of nitrogens with zero attached hydrogens (tertiary/aromatic N) is 1. The predicted octanol–water partition coefficient (Wildman–Crippen LogP) is 3.11. The summed E-state index contributed by atoms with van der Waals surface area (Å²) < 4.78 is 10.9. The summed E-state index contributed by atoms with van der Waals surface area (Å²) in [6.45, 7) is 2.39. The number of carbonyl (C=O) groups is 1. The highest BCUT2D eigenvalue weighted by molar-refractivity contribution is 7.09. The van der Waals surface area contributed by atoms with Gasteiger partial charge in [0.15, 0.2) is 17.8 Å². The van der Waals surface area contributed by atoms with Crippen molar-refractivity contribution in [1.29, 1.82) is 0 Å². The first-order chi connectivity index (χ1) is 9.28. The summed E-state index contributed by atoms with van der Waals surface area (Å²) in [7, 11) is 1.55. The van der Waals surface area contributed by atoms with Crippen LogP contribution in [0.15, 0.2) is 23.6 Å². The molecule has 1 aromatic carbocycles. The average molecular weight is 277 g/mol. The second-order valence-corrected chi connectivity index (χ2v) is 4.81. The van der Waals surface area contributed by atoms with Gasteiger partial charge in [-0.15, -0.1) is 11.3 Å². The van der Waals surface area contributed by atoms with Crippen LogP contribution < -0.4 is 9.47 Å². The van der Waals surface area contributed by atoms with Crippen LogP contribution in [-0.4, -0.2) is 18.4 Å². The number of aromatic nitrogens is 1. The van der Waals surface area contributed by atoms with E-state index < -0.39 is 0 Å². The van der Waals surface area contributed by atoms with E-state index in [2.05, 4.69) is 11.9 Å². The topological polar surface area (TPSA) is 48.4 Å². The van der Waals surface area contributed by atoms with E-state index in [0.29, 0.717) is 23.7 Å². The van der Waals surface area contributed by atoms with E-state index in [1.165, 1.54) is 0 Å². The fraction of sp³-hybridized carbons (Fsp3) is 0.286. The molecule has 100 valence electrons. The van der Waals surface area contributed by atoms with Crippen molar-refractivity contribution in [3.63, 3.8) is 0 Å². The first-order valence-electron chi connectivity index (χ1n) is 5.96. The van der Waals surface area contributed by atoms with Gasteiger partial charge in [-0.2, -0.15) is 0 Å². The lowest BCUT2D eigenvalue weighted by Crippen LogP contribution is -2.01. The lowest BCUT2D eigenvalue weighted by molar-refractivity contribution is 0.111. The van der Waals surface area contributed by atoms with E-state index in [1.54, 1.807) is 36.6 Å². The molecule has 2 rings (SSSR count). The molecular formula is C14H15NO3S. The van der Waals surface area contributed by atoms with Gasteiger partial charge in [-0.1, -0.05) is 13.0 Å². The number of carbonyl (C=O) groups excluding carboxylic acids is 1. The van der Waals surface area contributed by atoms with Gasteiger partial charge < -0.3 is 9.47 Å². The molecule has 0 aliphatic carbocycles. The monoisotopic (exact) mass is 277 g/mol. The second-order valence-electron chi connectivity index (χ2n) is 3.87. The van der Waals surface area contributed by atoms with E-state index in [0.717, 1.165) is 23.4 Å². The fourth-order valence-corrected chi connectivity index (χ4v) is 2.39. The third-order valence-electron chi connectivity index (χ3n) is 2.62. The summed E-state index contributed by atoms with van der Waals surface area (Å²) in [5, 5.41) is 3.05. The zero-order valence-corrected chi connectivity index (χ0v) is 11.7. The highest BCUT2D eigenvalue weighted by Gasteiger charge is 2.11. The summed E-state index contributed by atoms with van der Waals surface area (Å²) in [6.07, 6.45) is 1.68. The molecule has 0 amide bonds. The van der Waals surface area contributed by atoms with Gasteiger partial charge in [0.25, 0.3) is 0 Å². The first-order valence-corrected chi connectivity index (χ1v) is 6.84. The SMILES string of the molecule is CCc1nc(COc2c(C=O)cccc2OC)cs1. The number of benzene rings is 1. The summed E-state index contributed by atoms with van der Waals surface area (Å²) >= 11 is 1.61. The highest BCUT2D eigenvalue weighted by Crippen LogP contribution is 2.30. The molecule has 0 aliphatic heterocycles. The van der Waals surface area contributed by atoms with Gasteiger partial charge in [0.1, 0.15) is 6.61 Å². The summed E-state index contributed by atoms with van der Waals surface area (Å²) in [4.78, 5) is 15.4. The Morgan fingerprint density at radius 3 is 2.89 bits per heavy atom. The number of aryl methyl sites for hydroxylation is 1. The van der Waals surface area contributed by atoms with Gasteiger partial charge in [0, 0.05) is 5.38 Å². The van der Waals surface area contributed by atoms with Gasteiger partial charge in [0.2, 0.25) is 0 Å². The Kier molecular flexibility index (Phi) is 4.52. The second kappa shape index (κ2) is 6.33. The minimum absolute atomic E-state index is 0.331. The summed E-state index contributed by atoms with van der Waals surface area (Å²) in [6, 6.07) is 5.22. The third kappa shape index (κ3) is 3.12. The van der Waals surface area contributed by atoms with E-state index in [9.17, 15) is 4.79 Å². The van der Waals surface area contributed by atoms with Crippen LogP contribution in [0.3, 0.4) is 0 Å². The highest BCUT2D eigenvalue weighted by atomic mass is 32.1. The Balaban J connectivity index is 2.16. The molecule has 2 aromatic rings. The largest absolute Gasteiger partial charge is 0.493 e. The fourth-order valence-electron chi connectivity index (χ4n) is 1.66. The number of aldehydes is 1. The minimum Gasteiger partial charge on any atom is -0.493 e. The quantitative estimate of drug-likeness (QED) is 0.761. The zero-order chi connectivity index (χ0) is 13.7. The van der Waals surface area contributed by atoms with Gasteiger partial charge >= 0.3 is 0 Å². The van der Waals surface area contributed by atoms with Gasteiger partial charge in [0.05, 0.1) is 23.4 Å². The van der Waals surface area contributed by atoms with Crippen LogP contribution >= 0.6 is 11.3 Å². The molecule has 1 aromatic heterocycles. The van der Waals surface area contributed by atoms with E-state index in [4.69, 9.17) is 9.47 Å². The van der Waals surface area contributed by atoms with Gasteiger partial charge in [-0.25, -0.2) is 4.98 Å². The number of hydrogen-bond donors (Lipinski definition) is 0. The predicted molar refractivity (Wildman–Crippen MR) is 74.2 cm³/mol. The van der Waals surface area contributed by atoms with Gasteiger partial charge in [-0.3, -0.25) is 4.79 Å². The molecule has 4 nitrogen and oxygen atoms in total. The number of para-hydroxylation sites is 1. The van der Waals surface area contributed by atoms with Crippen molar-refractivity contribution in [2.45, 2.75) is 20.0 Å². The molecule has 0 aliphatic rings. The molecule has 0 N–H and O–H groups in total. The molecule has 0 unspecified atom stereocenters. The normalized spacial score (nSPS) is 10.2. The Labute approximate surface area is 116 Å². The van der Waals surface area contributed by atoms with Crippen LogP contribution in [0, 0.1) is 0 Å². The molecule has 0 radical (unpaired) electrons. The number of rotatable bonds is 6. The van der Waals surface area contributed by atoms with Crippen molar-refractivity contribution in [3.8, 4) is 11.5 Å². The van der Waals surface area contributed by atoms with Crippen LogP contribution in [0.1, 0.15) is 28.0 Å². The summed E-state index contributed by atoms with van der Waals surface area (Å²) in [5.74, 6) is 1.02. The van der Waals surface area contributed by atoms with Gasteiger partial charge in [-0.05, 0) is 18.6 Å². The molecule has 0 atom stereocenters. The van der Waals surface area contributed by atoms with Crippen molar-refractivity contribution in [2.24, 2.45) is 0 Å². The van der Waals surface area contributed by atoms with Crippen LogP contribution in [0.5, 0.6) is 11.5 Å².